The van der Waals surface area contributed by atoms with Crippen molar-refractivity contribution in [2.45, 2.75) is 32.9 Å². The van der Waals surface area contributed by atoms with Gasteiger partial charge in [-0.1, -0.05) is 25.1 Å². The van der Waals surface area contributed by atoms with E-state index < -0.39 is 0 Å². The zero-order valence-electron chi connectivity index (χ0n) is 11.7. The maximum atomic E-state index is 13.5. The average molecular weight is 274 g/mol. The Balaban J connectivity index is 2.00. The van der Waals surface area contributed by atoms with Crippen LogP contribution in [0.2, 0.25) is 0 Å². The number of rotatable bonds is 6. The highest BCUT2D eigenvalue weighted by Gasteiger charge is 2.04. The Hall–Kier alpha value is -2.17. The zero-order chi connectivity index (χ0) is 14.4. The van der Waals surface area contributed by atoms with Gasteiger partial charge in [0.2, 0.25) is 0 Å². The third-order valence-electron chi connectivity index (χ3n) is 3.09. The van der Waals surface area contributed by atoms with Crippen molar-refractivity contribution in [2.24, 2.45) is 0 Å². The van der Waals surface area contributed by atoms with Crippen LogP contribution in [0.3, 0.4) is 0 Å². The molecule has 0 fully saturated rings. The molecule has 1 unspecified atom stereocenters. The molecular weight excluding hydrogens is 255 g/mol. The Morgan fingerprint density at radius 1 is 1.20 bits per heavy atom. The van der Waals surface area contributed by atoms with E-state index in [1.165, 1.54) is 12.4 Å². The van der Waals surface area contributed by atoms with E-state index in [4.69, 9.17) is 0 Å². The van der Waals surface area contributed by atoms with E-state index in [1.54, 1.807) is 12.1 Å². The molecule has 0 bridgehead atoms. The van der Waals surface area contributed by atoms with E-state index in [9.17, 15) is 4.39 Å². The summed E-state index contributed by atoms with van der Waals surface area (Å²) < 4.78 is 13.5. The van der Waals surface area contributed by atoms with Crippen molar-refractivity contribution < 1.29 is 4.39 Å². The van der Waals surface area contributed by atoms with Gasteiger partial charge in [0.1, 0.15) is 23.8 Å². The van der Waals surface area contributed by atoms with Gasteiger partial charge >= 0.3 is 0 Å². The van der Waals surface area contributed by atoms with Crippen LogP contribution < -0.4 is 10.6 Å². The first-order chi connectivity index (χ1) is 9.69. The normalized spacial score (nSPS) is 11.9. The quantitative estimate of drug-likeness (QED) is 0.847. The van der Waals surface area contributed by atoms with Crippen LogP contribution in [0.4, 0.5) is 16.0 Å². The smallest absolute Gasteiger partial charge is 0.131 e. The summed E-state index contributed by atoms with van der Waals surface area (Å²) in [4.78, 5) is 8.30. The minimum absolute atomic E-state index is 0.216. The Morgan fingerprint density at radius 2 is 1.95 bits per heavy atom. The third kappa shape index (κ3) is 3.91. The molecule has 0 saturated carbocycles. The third-order valence-corrected chi connectivity index (χ3v) is 3.09. The largest absolute Gasteiger partial charge is 0.367 e. The summed E-state index contributed by atoms with van der Waals surface area (Å²) >= 11 is 0. The van der Waals surface area contributed by atoms with Crippen molar-refractivity contribution in [3.05, 3.63) is 48.0 Å². The summed E-state index contributed by atoms with van der Waals surface area (Å²) in [5.41, 5.74) is 0.613. The summed E-state index contributed by atoms with van der Waals surface area (Å²) in [6.07, 6.45) is 2.51. The summed E-state index contributed by atoms with van der Waals surface area (Å²) in [6.45, 7) is 4.59. The molecule has 4 nitrogen and oxygen atoms in total. The molecule has 2 rings (SSSR count). The fourth-order valence-corrected chi connectivity index (χ4v) is 1.71. The van der Waals surface area contributed by atoms with Crippen LogP contribution in [0, 0.1) is 5.82 Å². The first kappa shape index (κ1) is 14.2. The predicted octanol–water partition coefficient (Wildman–Crippen LogP) is 3.44. The number of aromatic nitrogens is 2. The fraction of sp³-hybridized carbons (Fsp3) is 0.333. The van der Waals surface area contributed by atoms with Gasteiger partial charge in [0.25, 0.3) is 0 Å². The van der Waals surface area contributed by atoms with E-state index in [2.05, 4.69) is 34.4 Å². The number of halogens is 1. The first-order valence-corrected chi connectivity index (χ1v) is 6.75. The molecule has 2 aromatic rings. The molecule has 0 aliphatic carbocycles. The predicted molar refractivity (Wildman–Crippen MR) is 79.1 cm³/mol. The van der Waals surface area contributed by atoms with Crippen LogP contribution in [0.5, 0.6) is 0 Å². The summed E-state index contributed by atoms with van der Waals surface area (Å²) in [7, 11) is 0. The molecule has 106 valence electrons. The van der Waals surface area contributed by atoms with E-state index >= 15 is 0 Å². The van der Waals surface area contributed by atoms with E-state index in [-0.39, 0.29) is 5.82 Å². The Kier molecular flexibility index (Phi) is 4.87. The minimum atomic E-state index is -0.216. The summed E-state index contributed by atoms with van der Waals surface area (Å²) in [5, 5.41) is 6.38. The SMILES string of the molecule is CCC(C)Nc1cc(NCc2ccccc2F)ncn1. The van der Waals surface area contributed by atoms with Crippen molar-refractivity contribution in [3.63, 3.8) is 0 Å². The van der Waals surface area contributed by atoms with Crippen molar-refractivity contribution >= 4 is 11.6 Å². The molecule has 0 aliphatic rings. The first-order valence-electron chi connectivity index (χ1n) is 6.75. The van der Waals surface area contributed by atoms with Crippen LogP contribution in [0.25, 0.3) is 0 Å². The molecule has 1 aromatic carbocycles. The van der Waals surface area contributed by atoms with E-state index in [1.807, 2.05) is 12.1 Å². The van der Waals surface area contributed by atoms with Crippen molar-refractivity contribution in [3.8, 4) is 0 Å². The van der Waals surface area contributed by atoms with Gasteiger partial charge in [0.05, 0.1) is 0 Å². The molecule has 1 aromatic heterocycles. The van der Waals surface area contributed by atoms with Gasteiger partial charge in [-0.05, 0) is 19.4 Å². The maximum Gasteiger partial charge on any atom is 0.131 e. The van der Waals surface area contributed by atoms with Crippen LogP contribution >= 0.6 is 0 Å². The van der Waals surface area contributed by atoms with Crippen molar-refractivity contribution in [1.82, 2.24) is 9.97 Å². The molecule has 0 aliphatic heterocycles. The number of benzene rings is 1. The standard InChI is InChI=1S/C15H19FN4/c1-3-11(2)20-15-8-14(18-10-19-15)17-9-12-6-4-5-7-13(12)16/h4-8,10-11H,3,9H2,1-2H3,(H2,17,18,19,20). The molecule has 0 amide bonds. The van der Waals surface area contributed by atoms with Gasteiger partial charge in [-0.2, -0.15) is 0 Å². The maximum absolute atomic E-state index is 13.5. The lowest BCUT2D eigenvalue weighted by Gasteiger charge is -2.13. The Labute approximate surface area is 118 Å². The van der Waals surface area contributed by atoms with Gasteiger partial charge in [-0.15, -0.1) is 0 Å². The van der Waals surface area contributed by atoms with Gasteiger partial charge in [-0.3, -0.25) is 0 Å². The Morgan fingerprint density at radius 3 is 2.70 bits per heavy atom. The van der Waals surface area contributed by atoms with Crippen LogP contribution in [-0.2, 0) is 6.54 Å². The number of nitrogens with zero attached hydrogens (tertiary/aromatic N) is 2. The second-order valence-electron chi connectivity index (χ2n) is 4.69. The van der Waals surface area contributed by atoms with Crippen molar-refractivity contribution in [1.29, 1.82) is 0 Å². The molecule has 1 atom stereocenters. The lowest BCUT2D eigenvalue weighted by Crippen LogP contribution is -2.15. The van der Waals surface area contributed by atoms with Gasteiger partial charge in [0.15, 0.2) is 0 Å². The lowest BCUT2D eigenvalue weighted by molar-refractivity contribution is 0.613. The van der Waals surface area contributed by atoms with E-state index in [0.717, 1.165) is 12.2 Å². The monoisotopic (exact) mass is 274 g/mol. The number of anilines is 2. The van der Waals surface area contributed by atoms with E-state index in [0.29, 0.717) is 24.0 Å². The van der Waals surface area contributed by atoms with Crippen LogP contribution in [0.1, 0.15) is 25.8 Å². The molecule has 5 heteroatoms. The average Bonchev–Trinajstić information content (AvgIpc) is 2.47. The molecule has 0 spiro atoms. The molecule has 20 heavy (non-hydrogen) atoms. The molecule has 0 saturated heterocycles. The van der Waals surface area contributed by atoms with Crippen LogP contribution in [0.15, 0.2) is 36.7 Å². The minimum Gasteiger partial charge on any atom is -0.367 e. The number of hydrogen-bond acceptors (Lipinski definition) is 4. The van der Waals surface area contributed by atoms with Gasteiger partial charge in [0, 0.05) is 24.2 Å². The second kappa shape index (κ2) is 6.84. The lowest BCUT2D eigenvalue weighted by atomic mass is 10.2. The highest BCUT2D eigenvalue weighted by molar-refractivity contribution is 5.47. The zero-order valence-corrected chi connectivity index (χ0v) is 11.7. The molecule has 2 N–H and O–H groups in total. The van der Waals surface area contributed by atoms with Gasteiger partial charge in [-0.25, -0.2) is 14.4 Å². The van der Waals surface area contributed by atoms with Gasteiger partial charge < -0.3 is 10.6 Å². The second-order valence-corrected chi connectivity index (χ2v) is 4.69. The van der Waals surface area contributed by atoms with Crippen molar-refractivity contribution in [2.75, 3.05) is 10.6 Å². The Bertz CT molecular complexity index is 559. The highest BCUT2D eigenvalue weighted by Crippen LogP contribution is 2.13. The van der Waals surface area contributed by atoms with Crippen LogP contribution in [-0.4, -0.2) is 16.0 Å². The summed E-state index contributed by atoms with van der Waals surface area (Å²) in [6, 6.07) is 8.87. The highest BCUT2D eigenvalue weighted by atomic mass is 19.1. The molecular formula is C15H19FN4. The topological polar surface area (TPSA) is 49.8 Å². The summed E-state index contributed by atoms with van der Waals surface area (Å²) in [5.74, 6) is 1.23. The number of hydrogen-bond donors (Lipinski definition) is 2. The number of nitrogens with one attached hydrogen (secondary N) is 2. The molecule has 0 radical (unpaired) electrons. The fourth-order valence-electron chi connectivity index (χ4n) is 1.71. The molecule has 1 heterocycles.